The lowest BCUT2D eigenvalue weighted by Crippen LogP contribution is -2.28. The molecule has 0 spiro atoms. The molecule has 1 aromatic carbocycles. The molecule has 2 aromatic heterocycles. The SMILES string of the molecule is Cc1nc(NC(=O)c2cc(S(=O)(=O)N3CCCC3)c(C)o2)sc1Cc1ccccc1Cl. The number of thiazole rings is 1. The van der Waals surface area contributed by atoms with E-state index < -0.39 is 15.9 Å². The molecule has 0 bridgehead atoms. The number of anilines is 1. The van der Waals surface area contributed by atoms with Gasteiger partial charge in [0.05, 0.1) is 5.69 Å². The number of hydrogen-bond acceptors (Lipinski definition) is 6. The van der Waals surface area contributed by atoms with Crippen LogP contribution in [0.1, 0.15) is 45.3 Å². The van der Waals surface area contributed by atoms with Crippen LogP contribution in [0.15, 0.2) is 39.6 Å². The molecule has 7 nitrogen and oxygen atoms in total. The molecule has 1 N–H and O–H groups in total. The number of rotatable bonds is 6. The highest BCUT2D eigenvalue weighted by Gasteiger charge is 2.32. The molecule has 0 atom stereocenters. The summed E-state index contributed by atoms with van der Waals surface area (Å²) in [6.07, 6.45) is 2.28. The van der Waals surface area contributed by atoms with Crippen molar-refractivity contribution < 1.29 is 17.6 Å². The van der Waals surface area contributed by atoms with E-state index in [0.717, 1.165) is 29.0 Å². The van der Waals surface area contributed by atoms with E-state index >= 15 is 0 Å². The van der Waals surface area contributed by atoms with Crippen LogP contribution >= 0.6 is 22.9 Å². The predicted molar refractivity (Wildman–Crippen MR) is 121 cm³/mol. The van der Waals surface area contributed by atoms with Gasteiger partial charge in [0.25, 0.3) is 5.91 Å². The van der Waals surface area contributed by atoms with Crippen molar-refractivity contribution in [3.05, 3.63) is 63.0 Å². The van der Waals surface area contributed by atoms with E-state index in [-0.39, 0.29) is 16.4 Å². The lowest BCUT2D eigenvalue weighted by atomic mass is 10.1. The number of hydrogen-bond donors (Lipinski definition) is 1. The molecule has 3 heterocycles. The molecule has 0 saturated carbocycles. The Morgan fingerprint density at radius 3 is 2.68 bits per heavy atom. The maximum absolute atomic E-state index is 12.8. The summed E-state index contributed by atoms with van der Waals surface area (Å²) >= 11 is 7.60. The topological polar surface area (TPSA) is 92.5 Å². The standard InChI is InChI=1S/C21H22ClN3O4S2/c1-13-18(11-15-7-3-4-8-16(15)22)30-21(23-13)24-20(26)17-12-19(14(2)29-17)31(27,28)25-9-5-6-10-25/h3-4,7-8,12H,5-6,9-11H2,1-2H3,(H,23,24,26). The summed E-state index contributed by atoms with van der Waals surface area (Å²) in [5.41, 5.74) is 1.78. The number of aryl methyl sites for hydroxylation is 2. The first-order valence-corrected chi connectivity index (χ1v) is 12.5. The Hall–Kier alpha value is -2.20. The van der Waals surface area contributed by atoms with E-state index in [4.69, 9.17) is 16.0 Å². The first-order valence-electron chi connectivity index (χ1n) is 9.87. The normalized spacial score (nSPS) is 14.8. The molecule has 1 saturated heterocycles. The monoisotopic (exact) mass is 479 g/mol. The van der Waals surface area contributed by atoms with Crippen LogP contribution in [0, 0.1) is 13.8 Å². The van der Waals surface area contributed by atoms with Gasteiger partial charge >= 0.3 is 0 Å². The molecule has 0 radical (unpaired) electrons. The molecule has 164 valence electrons. The lowest BCUT2D eigenvalue weighted by molar-refractivity contribution is 0.0995. The zero-order chi connectivity index (χ0) is 22.2. The fourth-order valence-electron chi connectivity index (χ4n) is 3.52. The number of furan rings is 1. The summed E-state index contributed by atoms with van der Waals surface area (Å²) in [5.74, 6) is -0.397. The van der Waals surface area contributed by atoms with Crippen molar-refractivity contribution in [2.24, 2.45) is 0 Å². The third-order valence-corrected chi connectivity index (χ3v) is 8.65. The summed E-state index contributed by atoms with van der Waals surface area (Å²) in [6, 6.07) is 8.88. The van der Waals surface area contributed by atoms with E-state index in [2.05, 4.69) is 10.3 Å². The molecule has 1 aliphatic heterocycles. The van der Waals surface area contributed by atoms with Gasteiger partial charge in [-0.1, -0.05) is 29.8 Å². The Balaban J connectivity index is 1.51. The van der Waals surface area contributed by atoms with Gasteiger partial charge in [-0.15, -0.1) is 11.3 Å². The predicted octanol–water partition coefficient (Wildman–Crippen LogP) is 4.63. The third-order valence-electron chi connectivity index (χ3n) is 5.20. The van der Waals surface area contributed by atoms with Crippen LogP contribution in [-0.2, 0) is 16.4 Å². The van der Waals surface area contributed by atoms with Crippen molar-refractivity contribution in [3.63, 3.8) is 0 Å². The van der Waals surface area contributed by atoms with Crippen molar-refractivity contribution >= 4 is 44.0 Å². The van der Waals surface area contributed by atoms with Gasteiger partial charge in [-0.05, 0) is 38.3 Å². The number of carbonyl (C=O) groups excluding carboxylic acids is 1. The second-order valence-corrected chi connectivity index (χ2v) is 10.8. The van der Waals surface area contributed by atoms with Crippen molar-refractivity contribution in [2.45, 2.75) is 38.0 Å². The average Bonchev–Trinajstić information content (AvgIpc) is 3.45. The number of aromatic nitrogens is 1. The Morgan fingerprint density at radius 1 is 1.26 bits per heavy atom. The second-order valence-electron chi connectivity index (χ2n) is 7.39. The molecule has 31 heavy (non-hydrogen) atoms. The van der Waals surface area contributed by atoms with Crippen LogP contribution in [0.2, 0.25) is 5.02 Å². The van der Waals surface area contributed by atoms with Gasteiger partial charge in [-0.2, -0.15) is 4.31 Å². The van der Waals surface area contributed by atoms with Gasteiger partial charge in [0, 0.05) is 35.5 Å². The summed E-state index contributed by atoms with van der Waals surface area (Å²) in [7, 11) is -3.66. The van der Waals surface area contributed by atoms with E-state index in [1.807, 2.05) is 31.2 Å². The van der Waals surface area contributed by atoms with Gasteiger partial charge in [-0.3, -0.25) is 10.1 Å². The van der Waals surface area contributed by atoms with Crippen LogP contribution in [0.5, 0.6) is 0 Å². The van der Waals surface area contributed by atoms with Gasteiger partial charge in [0.2, 0.25) is 10.0 Å². The Labute approximate surface area is 190 Å². The summed E-state index contributed by atoms with van der Waals surface area (Å²) in [4.78, 5) is 18.1. The number of carbonyl (C=O) groups is 1. The molecule has 0 aliphatic carbocycles. The van der Waals surface area contributed by atoms with Crippen molar-refractivity contribution in [2.75, 3.05) is 18.4 Å². The Kier molecular flexibility index (Phi) is 6.20. The van der Waals surface area contributed by atoms with E-state index in [0.29, 0.717) is 29.7 Å². The van der Waals surface area contributed by atoms with Gasteiger partial charge in [0.1, 0.15) is 10.7 Å². The van der Waals surface area contributed by atoms with Crippen LogP contribution in [0.25, 0.3) is 0 Å². The van der Waals surface area contributed by atoms with Crippen LogP contribution in [-0.4, -0.2) is 36.7 Å². The van der Waals surface area contributed by atoms with E-state index in [9.17, 15) is 13.2 Å². The average molecular weight is 480 g/mol. The fourth-order valence-corrected chi connectivity index (χ4v) is 6.38. The first kappa shape index (κ1) is 22.0. The highest BCUT2D eigenvalue weighted by molar-refractivity contribution is 7.89. The summed E-state index contributed by atoms with van der Waals surface area (Å²) in [6.45, 7) is 4.40. The fraction of sp³-hybridized carbons (Fsp3) is 0.333. The first-order chi connectivity index (χ1) is 14.8. The number of halogens is 1. The number of nitrogens with one attached hydrogen (secondary N) is 1. The van der Waals surface area contributed by atoms with Crippen LogP contribution in [0.4, 0.5) is 5.13 Å². The van der Waals surface area contributed by atoms with Crippen LogP contribution < -0.4 is 5.32 Å². The highest BCUT2D eigenvalue weighted by atomic mass is 35.5. The Bertz CT molecular complexity index is 1230. The summed E-state index contributed by atoms with van der Waals surface area (Å²) < 4.78 is 32.5. The zero-order valence-corrected chi connectivity index (χ0v) is 19.5. The van der Waals surface area contributed by atoms with Gasteiger partial charge in [0.15, 0.2) is 10.9 Å². The van der Waals surface area contributed by atoms with Gasteiger partial charge < -0.3 is 4.42 Å². The smallest absolute Gasteiger partial charge is 0.293 e. The molecule has 1 amide bonds. The molecular formula is C21H22ClN3O4S2. The largest absolute Gasteiger partial charge is 0.455 e. The molecule has 4 rings (SSSR count). The lowest BCUT2D eigenvalue weighted by Gasteiger charge is -2.14. The maximum atomic E-state index is 12.8. The van der Waals surface area contributed by atoms with E-state index in [1.165, 1.54) is 21.7 Å². The minimum Gasteiger partial charge on any atom is -0.455 e. The third kappa shape index (κ3) is 4.55. The second kappa shape index (κ2) is 8.74. The Morgan fingerprint density at radius 2 is 1.97 bits per heavy atom. The number of sulfonamides is 1. The number of benzene rings is 1. The summed E-state index contributed by atoms with van der Waals surface area (Å²) in [5, 5.41) is 3.81. The van der Waals surface area contributed by atoms with Crippen molar-refractivity contribution in [1.82, 2.24) is 9.29 Å². The minimum atomic E-state index is -3.66. The number of nitrogens with zero attached hydrogens (tertiary/aromatic N) is 2. The molecular weight excluding hydrogens is 458 g/mol. The van der Waals surface area contributed by atoms with Gasteiger partial charge in [-0.25, -0.2) is 13.4 Å². The van der Waals surface area contributed by atoms with Crippen LogP contribution in [0.3, 0.4) is 0 Å². The molecule has 3 aromatic rings. The quantitative estimate of drug-likeness (QED) is 0.556. The highest BCUT2D eigenvalue weighted by Crippen LogP contribution is 2.30. The maximum Gasteiger partial charge on any atom is 0.293 e. The number of amides is 1. The molecule has 0 unspecified atom stereocenters. The van der Waals surface area contributed by atoms with Crippen molar-refractivity contribution in [1.29, 1.82) is 0 Å². The van der Waals surface area contributed by atoms with Crippen molar-refractivity contribution in [3.8, 4) is 0 Å². The molecule has 10 heteroatoms. The molecule has 1 aliphatic rings. The zero-order valence-electron chi connectivity index (χ0n) is 17.1. The minimum absolute atomic E-state index is 0.0364. The van der Waals surface area contributed by atoms with E-state index in [1.54, 1.807) is 6.92 Å². The molecule has 1 fully saturated rings.